The van der Waals surface area contributed by atoms with Crippen LogP contribution >= 0.6 is 0 Å². The first-order valence-electron chi connectivity index (χ1n) is 3.85. The molecule has 1 aliphatic heterocycles. The van der Waals surface area contributed by atoms with Gasteiger partial charge in [-0.05, 0) is 12.2 Å². The third kappa shape index (κ3) is 0.897. The standard InChI is InChI=1S/C9H8O3/c10-7-3-1-2-5-9(7)6-4-8(11)12-9/h1-3,5H,4,6H2/t9-/m1/s1. The summed E-state index contributed by atoms with van der Waals surface area (Å²) in [4.78, 5) is 22.2. The number of carbonyl (C=O) groups excluding carboxylic acids is 2. The Kier molecular flexibility index (Phi) is 1.40. The van der Waals surface area contributed by atoms with Gasteiger partial charge in [0.1, 0.15) is 0 Å². The lowest BCUT2D eigenvalue weighted by molar-refractivity contribution is -0.151. The molecule has 0 aromatic heterocycles. The zero-order chi connectivity index (χ0) is 8.60. The molecule has 1 spiro atoms. The zero-order valence-corrected chi connectivity index (χ0v) is 6.45. The lowest BCUT2D eigenvalue weighted by Gasteiger charge is -2.21. The van der Waals surface area contributed by atoms with Gasteiger partial charge in [-0.15, -0.1) is 0 Å². The highest BCUT2D eigenvalue weighted by Gasteiger charge is 2.44. The van der Waals surface area contributed by atoms with E-state index < -0.39 is 5.60 Å². The third-order valence-electron chi connectivity index (χ3n) is 2.14. The van der Waals surface area contributed by atoms with Gasteiger partial charge in [0.25, 0.3) is 0 Å². The highest BCUT2D eigenvalue weighted by Crippen LogP contribution is 2.31. The van der Waals surface area contributed by atoms with Crippen LogP contribution in [-0.4, -0.2) is 17.4 Å². The van der Waals surface area contributed by atoms with Crippen LogP contribution in [0.1, 0.15) is 12.8 Å². The normalized spacial score (nSPS) is 33.0. The maximum absolute atomic E-state index is 11.3. The topological polar surface area (TPSA) is 43.4 Å². The lowest BCUT2D eigenvalue weighted by atomic mass is 9.91. The van der Waals surface area contributed by atoms with Gasteiger partial charge in [-0.25, -0.2) is 0 Å². The molecule has 1 heterocycles. The van der Waals surface area contributed by atoms with Gasteiger partial charge in [0.2, 0.25) is 5.78 Å². The Morgan fingerprint density at radius 1 is 1.33 bits per heavy atom. The van der Waals surface area contributed by atoms with Crippen LogP contribution in [0.3, 0.4) is 0 Å². The Hall–Kier alpha value is -1.38. The molecule has 3 nitrogen and oxygen atoms in total. The molecule has 1 saturated heterocycles. The van der Waals surface area contributed by atoms with E-state index in [2.05, 4.69) is 0 Å². The Morgan fingerprint density at radius 2 is 2.17 bits per heavy atom. The molecule has 62 valence electrons. The van der Waals surface area contributed by atoms with E-state index in [9.17, 15) is 9.59 Å². The molecule has 1 aliphatic carbocycles. The minimum atomic E-state index is -0.953. The lowest BCUT2D eigenvalue weighted by Crippen LogP contribution is -2.36. The maximum atomic E-state index is 11.3. The fraction of sp³-hybridized carbons (Fsp3) is 0.333. The van der Waals surface area contributed by atoms with Crippen molar-refractivity contribution in [1.29, 1.82) is 0 Å². The summed E-state index contributed by atoms with van der Waals surface area (Å²) in [5, 5.41) is 0. The first-order chi connectivity index (χ1) is 5.73. The Balaban J connectivity index is 2.32. The van der Waals surface area contributed by atoms with Crippen molar-refractivity contribution < 1.29 is 14.3 Å². The second-order valence-corrected chi connectivity index (χ2v) is 2.95. The highest BCUT2D eigenvalue weighted by molar-refractivity contribution is 6.02. The number of carbonyl (C=O) groups is 2. The van der Waals surface area contributed by atoms with E-state index in [4.69, 9.17) is 4.74 Å². The molecule has 0 saturated carbocycles. The van der Waals surface area contributed by atoms with Crippen molar-refractivity contribution in [1.82, 2.24) is 0 Å². The van der Waals surface area contributed by atoms with Crippen molar-refractivity contribution in [2.45, 2.75) is 18.4 Å². The molecule has 0 unspecified atom stereocenters. The van der Waals surface area contributed by atoms with Crippen LogP contribution in [0.4, 0.5) is 0 Å². The SMILES string of the molecule is O=C1CC[C@@]2(C=CC=CC2=O)O1. The van der Waals surface area contributed by atoms with Crippen LogP contribution in [0.5, 0.6) is 0 Å². The molecule has 3 heteroatoms. The maximum Gasteiger partial charge on any atom is 0.307 e. The number of allylic oxidation sites excluding steroid dienone is 2. The number of esters is 1. The van der Waals surface area contributed by atoms with Gasteiger partial charge in [-0.1, -0.05) is 12.2 Å². The number of hydrogen-bond donors (Lipinski definition) is 0. The van der Waals surface area contributed by atoms with Gasteiger partial charge in [-0.2, -0.15) is 0 Å². The predicted octanol–water partition coefficient (Wildman–Crippen LogP) is 0.757. The van der Waals surface area contributed by atoms with Crippen LogP contribution in [0.2, 0.25) is 0 Å². The van der Waals surface area contributed by atoms with Gasteiger partial charge in [-0.3, -0.25) is 9.59 Å². The summed E-state index contributed by atoms with van der Waals surface area (Å²) in [5.74, 6) is -0.417. The molecular weight excluding hydrogens is 156 g/mol. The summed E-state index contributed by atoms with van der Waals surface area (Å²) >= 11 is 0. The minimum Gasteiger partial charge on any atom is -0.446 e. The molecule has 1 atom stereocenters. The highest BCUT2D eigenvalue weighted by atomic mass is 16.6. The largest absolute Gasteiger partial charge is 0.446 e. The van der Waals surface area contributed by atoms with E-state index in [1.54, 1.807) is 18.2 Å². The number of ketones is 1. The fourth-order valence-corrected chi connectivity index (χ4v) is 1.46. The first-order valence-corrected chi connectivity index (χ1v) is 3.85. The smallest absolute Gasteiger partial charge is 0.307 e. The van der Waals surface area contributed by atoms with E-state index in [1.165, 1.54) is 6.08 Å². The van der Waals surface area contributed by atoms with E-state index in [-0.39, 0.29) is 11.8 Å². The van der Waals surface area contributed by atoms with Crippen molar-refractivity contribution in [2.24, 2.45) is 0 Å². The van der Waals surface area contributed by atoms with Crippen LogP contribution in [0.15, 0.2) is 24.3 Å². The second kappa shape index (κ2) is 2.30. The molecule has 2 rings (SSSR count). The molecule has 0 bridgehead atoms. The third-order valence-corrected chi connectivity index (χ3v) is 2.14. The summed E-state index contributed by atoms with van der Waals surface area (Å²) < 4.78 is 4.98. The summed E-state index contributed by atoms with van der Waals surface area (Å²) in [7, 11) is 0. The number of rotatable bonds is 0. The summed E-state index contributed by atoms with van der Waals surface area (Å²) in [6.07, 6.45) is 7.30. The van der Waals surface area contributed by atoms with E-state index in [1.807, 2.05) is 0 Å². The van der Waals surface area contributed by atoms with E-state index >= 15 is 0 Å². The van der Waals surface area contributed by atoms with E-state index in [0.717, 1.165) is 0 Å². The predicted molar refractivity (Wildman–Crippen MR) is 41.3 cm³/mol. The van der Waals surface area contributed by atoms with Gasteiger partial charge >= 0.3 is 5.97 Å². The van der Waals surface area contributed by atoms with Crippen LogP contribution in [-0.2, 0) is 14.3 Å². The average molecular weight is 164 g/mol. The minimum absolute atomic E-state index is 0.129. The Labute approximate surface area is 69.7 Å². The van der Waals surface area contributed by atoms with Crippen LogP contribution < -0.4 is 0 Å². The summed E-state index contributed by atoms with van der Waals surface area (Å²) in [6.45, 7) is 0. The van der Waals surface area contributed by atoms with E-state index in [0.29, 0.717) is 12.8 Å². The van der Waals surface area contributed by atoms with Crippen LogP contribution in [0.25, 0.3) is 0 Å². The number of ether oxygens (including phenoxy) is 1. The fourth-order valence-electron chi connectivity index (χ4n) is 1.46. The van der Waals surface area contributed by atoms with Gasteiger partial charge in [0, 0.05) is 6.42 Å². The Bertz CT molecular complexity index is 301. The number of hydrogen-bond acceptors (Lipinski definition) is 3. The molecule has 0 aromatic rings. The average Bonchev–Trinajstić information content (AvgIpc) is 2.41. The molecule has 12 heavy (non-hydrogen) atoms. The molecule has 0 N–H and O–H groups in total. The van der Waals surface area contributed by atoms with Crippen molar-refractivity contribution in [3.8, 4) is 0 Å². The van der Waals surface area contributed by atoms with Crippen molar-refractivity contribution >= 4 is 11.8 Å². The van der Waals surface area contributed by atoms with Gasteiger partial charge in [0.15, 0.2) is 5.60 Å². The second-order valence-electron chi connectivity index (χ2n) is 2.95. The monoisotopic (exact) mass is 164 g/mol. The van der Waals surface area contributed by atoms with Crippen LogP contribution in [0, 0.1) is 0 Å². The molecule has 2 aliphatic rings. The van der Waals surface area contributed by atoms with Crippen molar-refractivity contribution in [3.63, 3.8) is 0 Å². The quantitative estimate of drug-likeness (QED) is 0.496. The summed E-state index contributed by atoms with van der Waals surface area (Å²) in [6, 6.07) is 0. The van der Waals surface area contributed by atoms with Gasteiger partial charge < -0.3 is 4.74 Å². The van der Waals surface area contributed by atoms with Gasteiger partial charge in [0.05, 0.1) is 6.42 Å². The molecular formula is C9H8O3. The first kappa shape index (κ1) is 7.28. The molecule has 0 amide bonds. The zero-order valence-electron chi connectivity index (χ0n) is 6.45. The molecule has 1 fully saturated rings. The molecule has 0 radical (unpaired) electrons. The Morgan fingerprint density at radius 3 is 2.75 bits per heavy atom. The van der Waals surface area contributed by atoms with Crippen molar-refractivity contribution in [3.05, 3.63) is 24.3 Å². The summed E-state index contributed by atoms with van der Waals surface area (Å²) in [5.41, 5.74) is -0.953. The molecule has 0 aromatic carbocycles. The van der Waals surface area contributed by atoms with Crippen molar-refractivity contribution in [2.75, 3.05) is 0 Å².